The van der Waals surface area contributed by atoms with Crippen molar-refractivity contribution in [3.8, 4) is 0 Å². The average molecular weight is 278 g/mol. The second-order valence-electron chi connectivity index (χ2n) is 6.27. The van der Waals surface area contributed by atoms with Crippen molar-refractivity contribution in [1.29, 1.82) is 0 Å². The highest BCUT2D eigenvalue weighted by molar-refractivity contribution is 5.94. The van der Waals surface area contributed by atoms with Gasteiger partial charge in [0.05, 0.1) is 0 Å². The molecule has 3 atom stereocenters. The Balaban J connectivity index is 2.08. The summed E-state index contributed by atoms with van der Waals surface area (Å²) in [6, 6.07) is 2.92. The van der Waals surface area contributed by atoms with Crippen LogP contribution in [0.2, 0.25) is 0 Å². The van der Waals surface area contributed by atoms with Crippen molar-refractivity contribution in [2.45, 2.75) is 46.1 Å². The molecule has 0 radical (unpaired) electrons. The number of hydrogen-bond acceptors (Lipinski definition) is 2. The predicted molar refractivity (Wildman–Crippen MR) is 76.8 cm³/mol. The van der Waals surface area contributed by atoms with E-state index >= 15 is 0 Å². The van der Waals surface area contributed by atoms with Gasteiger partial charge in [-0.1, -0.05) is 27.2 Å². The molecule has 1 amide bonds. The molecule has 1 aliphatic carbocycles. The molecular formula is C16H23FN2O. The fraction of sp³-hybridized carbons (Fsp3) is 0.625. The molecular weight excluding hydrogens is 255 g/mol. The van der Waals surface area contributed by atoms with Crippen LogP contribution in [0.5, 0.6) is 0 Å². The number of pyridine rings is 1. The van der Waals surface area contributed by atoms with Crippen LogP contribution in [0.3, 0.4) is 0 Å². The van der Waals surface area contributed by atoms with Gasteiger partial charge in [-0.05, 0) is 36.7 Å². The molecule has 1 heterocycles. The van der Waals surface area contributed by atoms with Crippen LogP contribution in [0.4, 0.5) is 4.39 Å². The van der Waals surface area contributed by atoms with E-state index in [1.165, 1.54) is 18.7 Å². The molecule has 0 aromatic carbocycles. The number of nitrogens with zero attached hydrogens (tertiary/aromatic N) is 1. The van der Waals surface area contributed by atoms with Gasteiger partial charge in [0.2, 0.25) is 5.95 Å². The lowest BCUT2D eigenvalue weighted by atomic mass is 9.74. The van der Waals surface area contributed by atoms with Crippen molar-refractivity contribution in [3.05, 3.63) is 29.8 Å². The first kappa shape index (κ1) is 14.9. The van der Waals surface area contributed by atoms with Crippen molar-refractivity contribution in [3.63, 3.8) is 0 Å². The molecule has 110 valence electrons. The van der Waals surface area contributed by atoms with Crippen LogP contribution >= 0.6 is 0 Å². The van der Waals surface area contributed by atoms with E-state index in [1.807, 2.05) is 0 Å². The summed E-state index contributed by atoms with van der Waals surface area (Å²) in [6.07, 6.45) is 4.70. The van der Waals surface area contributed by atoms with E-state index in [2.05, 4.69) is 31.1 Å². The molecule has 1 aromatic heterocycles. The molecule has 2 rings (SSSR count). The summed E-state index contributed by atoms with van der Waals surface area (Å²) in [7, 11) is 0. The predicted octanol–water partition coefficient (Wildman–Crippen LogP) is 3.41. The smallest absolute Gasteiger partial charge is 0.251 e. The van der Waals surface area contributed by atoms with Crippen molar-refractivity contribution in [2.75, 3.05) is 0 Å². The molecule has 0 spiro atoms. The molecule has 1 N–H and O–H groups in total. The summed E-state index contributed by atoms with van der Waals surface area (Å²) in [6.45, 7) is 6.62. The Hall–Kier alpha value is -1.45. The van der Waals surface area contributed by atoms with Crippen LogP contribution in [-0.4, -0.2) is 16.9 Å². The molecule has 1 aliphatic rings. The largest absolute Gasteiger partial charge is 0.349 e. The maximum absolute atomic E-state index is 13.1. The van der Waals surface area contributed by atoms with Gasteiger partial charge in [0.15, 0.2) is 0 Å². The highest BCUT2D eigenvalue weighted by atomic mass is 19.1. The van der Waals surface area contributed by atoms with Crippen LogP contribution in [0.25, 0.3) is 0 Å². The molecule has 1 fully saturated rings. The molecule has 20 heavy (non-hydrogen) atoms. The Kier molecular flexibility index (Phi) is 4.73. The highest BCUT2D eigenvalue weighted by Gasteiger charge is 2.31. The minimum Gasteiger partial charge on any atom is -0.349 e. The summed E-state index contributed by atoms with van der Waals surface area (Å²) in [5, 5.41) is 3.09. The number of aromatic nitrogens is 1. The Morgan fingerprint density at radius 3 is 2.85 bits per heavy atom. The van der Waals surface area contributed by atoms with Crippen LogP contribution in [0, 0.1) is 23.7 Å². The van der Waals surface area contributed by atoms with E-state index in [0.29, 0.717) is 23.3 Å². The summed E-state index contributed by atoms with van der Waals surface area (Å²) >= 11 is 0. The lowest BCUT2D eigenvalue weighted by molar-refractivity contribution is 0.0867. The maximum Gasteiger partial charge on any atom is 0.251 e. The summed E-state index contributed by atoms with van der Waals surface area (Å²) in [4.78, 5) is 15.7. The zero-order valence-corrected chi connectivity index (χ0v) is 12.4. The van der Waals surface area contributed by atoms with E-state index in [-0.39, 0.29) is 11.9 Å². The average Bonchev–Trinajstić information content (AvgIpc) is 2.38. The fourth-order valence-electron chi connectivity index (χ4n) is 3.16. The number of halogens is 1. The lowest BCUT2D eigenvalue weighted by Crippen LogP contribution is -2.45. The summed E-state index contributed by atoms with van der Waals surface area (Å²) in [5.41, 5.74) is 0.346. The summed E-state index contributed by atoms with van der Waals surface area (Å²) in [5.74, 6) is 0.861. The first-order chi connectivity index (χ1) is 9.47. The lowest BCUT2D eigenvalue weighted by Gasteiger charge is -2.37. The van der Waals surface area contributed by atoms with Crippen molar-refractivity contribution in [2.24, 2.45) is 17.8 Å². The highest BCUT2D eigenvalue weighted by Crippen LogP contribution is 2.33. The third-order valence-corrected chi connectivity index (χ3v) is 4.33. The zero-order valence-electron chi connectivity index (χ0n) is 12.4. The molecule has 1 saturated carbocycles. The molecule has 0 aliphatic heterocycles. The van der Waals surface area contributed by atoms with Gasteiger partial charge in [0.25, 0.3) is 5.91 Å². The fourth-order valence-corrected chi connectivity index (χ4v) is 3.16. The van der Waals surface area contributed by atoms with Gasteiger partial charge in [-0.25, -0.2) is 4.98 Å². The van der Waals surface area contributed by atoms with E-state index in [1.54, 1.807) is 6.07 Å². The first-order valence-corrected chi connectivity index (χ1v) is 7.39. The van der Waals surface area contributed by atoms with Crippen molar-refractivity contribution < 1.29 is 9.18 Å². The Morgan fingerprint density at radius 2 is 2.20 bits per heavy atom. The van der Waals surface area contributed by atoms with Gasteiger partial charge in [-0.3, -0.25) is 4.79 Å². The molecule has 0 saturated heterocycles. The topological polar surface area (TPSA) is 42.0 Å². The van der Waals surface area contributed by atoms with Gasteiger partial charge < -0.3 is 5.32 Å². The van der Waals surface area contributed by atoms with Crippen molar-refractivity contribution >= 4 is 5.91 Å². The minimum absolute atomic E-state index is 0.183. The number of carbonyl (C=O) groups excluding carboxylic acids is 1. The minimum atomic E-state index is -0.616. The third kappa shape index (κ3) is 3.56. The molecule has 1 aromatic rings. The Labute approximate surface area is 120 Å². The van der Waals surface area contributed by atoms with Gasteiger partial charge in [-0.15, -0.1) is 0 Å². The van der Waals surface area contributed by atoms with Gasteiger partial charge >= 0.3 is 0 Å². The Bertz CT molecular complexity index is 475. The normalized spacial score (nSPS) is 26.6. The van der Waals surface area contributed by atoms with Gasteiger partial charge in [0, 0.05) is 23.9 Å². The second-order valence-corrected chi connectivity index (χ2v) is 6.27. The maximum atomic E-state index is 13.1. The first-order valence-electron chi connectivity index (χ1n) is 7.39. The quantitative estimate of drug-likeness (QED) is 0.861. The van der Waals surface area contributed by atoms with Gasteiger partial charge in [0.1, 0.15) is 0 Å². The monoisotopic (exact) mass is 278 g/mol. The number of hydrogen-bond donors (Lipinski definition) is 1. The van der Waals surface area contributed by atoms with Crippen molar-refractivity contribution in [1.82, 2.24) is 10.3 Å². The van der Waals surface area contributed by atoms with Crippen LogP contribution in [0.1, 0.15) is 50.4 Å². The third-order valence-electron chi connectivity index (χ3n) is 4.33. The molecule has 4 heteroatoms. The zero-order chi connectivity index (χ0) is 14.7. The van der Waals surface area contributed by atoms with E-state index in [9.17, 15) is 9.18 Å². The number of carbonyl (C=O) groups is 1. The van der Waals surface area contributed by atoms with E-state index < -0.39 is 5.95 Å². The van der Waals surface area contributed by atoms with Crippen LogP contribution in [-0.2, 0) is 0 Å². The Morgan fingerprint density at radius 1 is 1.45 bits per heavy atom. The van der Waals surface area contributed by atoms with E-state index in [4.69, 9.17) is 0 Å². The number of nitrogens with one attached hydrogen (secondary N) is 1. The summed E-state index contributed by atoms with van der Waals surface area (Å²) < 4.78 is 13.1. The second kappa shape index (κ2) is 6.33. The number of rotatable bonds is 3. The van der Waals surface area contributed by atoms with Gasteiger partial charge in [-0.2, -0.15) is 4.39 Å². The van der Waals surface area contributed by atoms with Crippen LogP contribution in [0.15, 0.2) is 18.3 Å². The van der Waals surface area contributed by atoms with Crippen LogP contribution < -0.4 is 5.32 Å². The molecule has 0 unspecified atom stereocenters. The number of amides is 1. The standard InChI is InChI=1S/C16H23FN2O/c1-10(2)13-5-4-11(3)8-14(13)19-16(20)12-6-7-18-15(17)9-12/h6-7,9-11,13-14H,4-5,8H2,1-3H3,(H,19,20)/t11-,13-,14+/m1/s1. The molecule has 3 nitrogen and oxygen atoms in total. The van der Waals surface area contributed by atoms with E-state index in [0.717, 1.165) is 12.8 Å². The molecule has 0 bridgehead atoms. The SMILES string of the molecule is CC(C)[C@H]1CC[C@@H](C)C[C@@H]1NC(=O)c1ccnc(F)c1.